The zero-order valence-corrected chi connectivity index (χ0v) is 11.4. The maximum atomic E-state index is 13.0. The van der Waals surface area contributed by atoms with Gasteiger partial charge in [0.15, 0.2) is 0 Å². The molecule has 106 valence electrons. The molecular formula is C13H8Cl2F3NO. The van der Waals surface area contributed by atoms with Crippen LogP contribution in [0.4, 0.5) is 13.2 Å². The van der Waals surface area contributed by atoms with Crippen LogP contribution in [-0.4, -0.2) is 10.2 Å². The number of halogens is 5. The first-order chi connectivity index (χ1) is 8.89. The average molecular weight is 322 g/mol. The molecular weight excluding hydrogens is 314 g/mol. The van der Waals surface area contributed by atoms with Gasteiger partial charge in [0.2, 0.25) is 0 Å². The average Bonchev–Trinajstić information content (AvgIpc) is 2.38. The van der Waals surface area contributed by atoms with Crippen LogP contribution in [0.15, 0.2) is 42.7 Å². The van der Waals surface area contributed by atoms with Crippen molar-refractivity contribution in [1.29, 1.82) is 0 Å². The number of carbonyl (C=O) groups is 1. The van der Waals surface area contributed by atoms with Crippen molar-refractivity contribution in [3.63, 3.8) is 0 Å². The van der Waals surface area contributed by atoms with Gasteiger partial charge < -0.3 is 0 Å². The van der Waals surface area contributed by atoms with Gasteiger partial charge in [0.25, 0.3) is 5.24 Å². The smallest absolute Gasteiger partial charge is 0.276 e. The van der Waals surface area contributed by atoms with Gasteiger partial charge in [-0.3, -0.25) is 9.78 Å². The van der Waals surface area contributed by atoms with Crippen LogP contribution in [0.2, 0.25) is 0 Å². The summed E-state index contributed by atoms with van der Waals surface area (Å²) in [6, 6.07) is 6.27. The number of pyridine rings is 1. The molecule has 1 aromatic carbocycles. The molecule has 0 amide bonds. The van der Waals surface area contributed by atoms with E-state index in [-0.39, 0.29) is 23.5 Å². The summed E-state index contributed by atoms with van der Waals surface area (Å²) in [4.78, 5) is 14.7. The molecule has 0 saturated carbocycles. The maximum absolute atomic E-state index is 13.0. The van der Waals surface area contributed by atoms with E-state index in [1.165, 1.54) is 36.7 Å². The van der Waals surface area contributed by atoms with E-state index in [1.807, 2.05) is 0 Å². The van der Waals surface area contributed by atoms with E-state index in [2.05, 4.69) is 4.98 Å². The molecule has 0 aliphatic carbocycles. The highest BCUT2D eigenvalue weighted by molar-refractivity contribution is 6.67. The molecule has 0 bridgehead atoms. The fourth-order valence-electron chi connectivity index (χ4n) is 1.67. The highest BCUT2D eigenvalue weighted by Crippen LogP contribution is 2.37. The van der Waals surface area contributed by atoms with E-state index in [1.54, 1.807) is 0 Å². The molecule has 0 unspecified atom stereocenters. The minimum absolute atomic E-state index is 0. The lowest BCUT2D eigenvalue weighted by Gasteiger charge is -2.13. The van der Waals surface area contributed by atoms with Crippen molar-refractivity contribution < 1.29 is 18.0 Å². The van der Waals surface area contributed by atoms with Crippen LogP contribution < -0.4 is 0 Å². The Labute approximate surface area is 124 Å². The molecule has 20 heavy (non-hydrogen) atoms. The third-order valence-corrected chi connectivity index (χ3v) is 2.74. The largest absolute Gasteiger partial charge is 0.417 e. The Morgan fingerprint density at radius 1 is 1.20 bits per heavy atom. The van der Waals surface area contributed by atoms with Gasteiger partial charge >= 0.3 is 6.18 Å². The van der Waals surface area contributed by atoms with Crippen LogP contribution in [0.5, 0.6) is 0 Å². The lowest BCUT2D eigenvalue weighted by Crippen LogP contribution is -2.08. The van der Waals surface area contributed by atoms with Gasteiger partial charge in [-0.1, -0.05) is 12.1 Å². The van der Waals surface area contributed by atoms with Gasteiger partial charge in [-0.25, -0.2) is 0 Å². The molecule has 0 radical (unpaired) electrons. The Bertz CT molecular complexity index is 615. The highest BCUT2D eigenvalue weighted by atomic mass is 35.5. The first-order valence-electron chi connectivity index (χ1n) is 5.21. The van der Waals surface area contributed by atoms with E-state index in [9.17, 15) is 18.0 Å². The molecule has 0 N–H and O–H groups in total. The van der Waals surface area contributed by atoms with Crippen molar-refractivity contribution in [2.24, 2.45) is 0 Å². The Morgan fingerprint density at radius 3 is 2.40 bits per heavy atom. The normalized spacial score (nSPS) is 10.8. The fourth-order valence-corrected chi connectivity index (χ4v) is 1.79. The van der Waals surface area contributed by atoms with Crippen LogP contribution in [0.1, 0.15) is 15.9 Å². The van der Waals surface area contributed by atoms with E-state index in [0.29, 0.717) is 5.56 Å². The number of rotatable bonds is 2. The van der Waals surface area contributed by atoms with Crippen molar-refractivity contribution in [2.45, 2.75) is 6.18 Å². The number of aromatic nitrogens is 1. The van der Waals surface area contributed by atoms with Crippen molar-refractivity contribution in [2.75, 3.05) is 0 Å². The fraction of sp³-hybridized carbons (Fsp3) is 0.0769. The number of hydrogen-bond donors (Lipinski definition) is 0. The van der Waals surface area contributed by atoms with Crippen LogP contribution in [0, 0.1) is 0 Å². The molecule has 0 aliphatic rings. The molecule has 2 rings (SSSR count). The lowest BCUT2D eigenvalue weighted by atomic mass is 9.98. The van der Waals surface area contributed by atoms with Gasteiger partial charge in [0.1, 0.15) is 0 Å². The Kier molecular flexibility index (Phi) is 5.14. The Morgan fingerprint density at radius 2 is 1.90 bits per heavy atom. The molecule has 1 aromatic heterocycles. The standard InChI is InChI=1S/C13H7ClF3NO.ClH/c14-12(19)8-3-4-10(9-2-1-5-18-7-9)11(6-8)13(15,16)17;/h1-7H;1H. The molecule has 7 heteroatoms. The third kappa shape index (κ3) is 3.49. The van der Waals surface area contributed by atoms with Crippen LogP contribution in [-0.2, 0) is 6.18 Å². The first kappa shape index (κ1) is 16.5. The number of nitrogens with zero attached hydrogens (tertiary/aromatic N) is 1. The van der Waals surface area contributed by atoms with Crippen molar-refractivity contribution >= 4 is 29.3 Å². The predicted octanol–water partition coefficient (Wildman–Crippen LogP) is 4.57. The second-order valence-corrected chi connectivity index (χ2v) is 4.12. The Balaban J connectivity index is 0.00000200. The molecule has 0 saturated heterocycles. The summed E-state index contributed by atoms with van der Waals surface area (Å²) < 4.78 is 39.0. The van der Waals surface area contributed by atoms with E-state index in [4.69, 9.17) is 11.6 Å². The van der Waals surface area contributed by atoms with E-state index < -0.39 is 17.0 Å². The topological polar surface area (TPSA) is 30.0 Å². The van der Waals surface area contributed by atoms with Crippen molar-refractivity contribution in [3.8, 4) is 11.1 Å². The van der Waals surface area contributed by atoms with Gasteiger partial charge in [-0.05, 0) is 35.4 Å². The summed E-state index contributed by atoms with van der Waals surface area (Å²) in [6.45, 7) is 0. The van der Waals surface area contributed by atoms with Gasteiger partial charge in [0.05, 0.1) is 5.56 Å². The molecule has 0 atom stereocenters. The molecule has 2 nitrogen and oxygen atoms in total. The molecule has 0 aliphatic heterocycles. The van der Waals surface area contributed by atoms with Crippen molar-refractivity contribution in [1.82, 2.24) is 4.98 Å². The molecule has 2 aromatic rings. The number of hydrogen-bond acceptors (Lipinski definition) is 2. The zero-order valence-electron chi connectivity index (χ0n) is 9.82. The number of alkyl halides is 3. The second-order valence-electron chi connectivity index (χ2n) is 3.77. The summed E-state index contributed by atoms with van der Waals surface area (Å²) in [5.41, 5.74) is -0.820. The third-order valence-electron chi connectivity index (χ3n) is 2.52. The quantitative estimate of drug-likeness (QED) is 0.758. The van der Waals surface area contributed by atoms with Crippen molar-refractivity contribution in [3.05, 3.63) is 53.9 Å². The number of carbonyl (C=O) groups excluding carboxylic acids is 1. The van der Waals surface area contributed by atoms with Gasteiger partial charge in [-0.15, -0.1) is 12.4 Å². The lowest BCUT2D eigenvalue weighted by molar-refractivity contribution is -0.137. The summed E-state index contributed by atoms with van der Waals surface area (Å²) in [7, 11) is 0. The predicted molar refractivity (Wildman–Crippen MR) is 72.1 cm³/mol. The first-order valence-corrected chi connectivity index (χ1v) is 5.59. The van der Waals surface area contributed by atoms with E-state index in [0.717, 1.165) is 6.07 Å². The van der Waals surface area contributed by atoms with Gasteiger partial charge in [0, 0.05) is 23.5 Å². The maximum Gasteiger partial charge on any atom is 0.417 e. The summed E-state index contributed by atoms with van der Waals surface area (Å²) >= 11 is 5.20. The molecule has 0 fully saturated rings. The second kappa shape index (κ2) is 6.24. The highest BCUT2D eigenvalue weighted by Gasteiger charge is 2.34. The summed E-state index contributed by atoms with van der Waals surface area (Å²) in [5, 5.41) is -0.928. The minimum Gasteiger partial charge on any atom is -0.276 e. The van der Waals surface area contributed by atoms with Gasteiger partial charge in [-0.2, -0.15) is 13.2 Å². The minimum atomic E-state index is -4.58. The van der Waals surface area contributed by atoms with Crippen LogP contribution in [0.25, 0.3) is 11.1 Å². The van der Waals surface area contributed by atoms with E-state index >= 15 is 0 Å². The van der Waals surface area contributed by atoms with Crippen LogP contribution >= 0.6 is 24.0 Å². The number of benzene rings is 1. The molecule has 1 heterocycles. The zero-order chi connectivity index (χ0) is 14.0. The van der Waals surface area contributed by atoms with Crippen LogP contribution in [0.3, 0.4) is 0 Å². The SMILES string of the molecule is Cl.O=C(Cl)c1ccc(-c2cccnc2)c(C(F)(F)F)c1. The monoisotopic (exact) mass is 321 g/mol. The summed E-state index contributed by atoms with van der Waals surface area (Å²) in [5.74, 6) is 0. The molecule has 0 spiro atoms. The summed E-state index contributed by atoms with van der Waals surface area (Å²) in [6.07, 6.45) is -1.78. The Hall–Kier alpha value is -1.59.